The molecule has 0 saturated carbocycles. The van der Waals surface area contributed by atoms with Crippen LogP contribution in [0.5, 0.6) is 0 Å². The summed E-state index contributed by atoms with van der Waals surface area (Å²) in [6, 6.07) is 14.9. The number of amides is 1. The van der Waals surface area contributed by atoms with E-state index < -0.39 is 5.97 Å². The van der Waals surface area contributed by atoms with Crippen LogP contribution in [0.1, 0.15) is 34.1 Å². The van der Waals surface area contributed by atoms with E-state index in [1.165, 1.54) is 18.3 Å². The molecule has 1 heterocycles. The minimum atomic E-state index is -0.397. The third-order valence-electron chi connectivity index (χ3n) is 3.94. The zero-order valence-corrected chi connectivity index (χ0v) is 16.2. The number of carbonyl (C=O) groups is 2. The van der Waals surface area contributed by atoms with Crippen molar-refractivity contribution in [3.8, 4) is 0 Å². The van der Waals surface area contributed by atoms with Gasteiger partial charge in [-0.2, -0.15) is 0 Å². The van der Waals surface area contributed by atoms with E-state index in [9.17, 15) is 9.59 Å². The molecule has 0 aliphatic carbocycles. The first-order valence-electron chi connectivity index (χ1n) is 8.49. The van der Waals surface area contributed by atoms with E-state index in [1.54, 1.807) is 22.4 Å². The fourth-order valence-electron chi connectivity index (χ4n) is 2.57. The van der Waals surface area contributed by atoms with Crippen molar-refractivity contribution in [1.82, 2.24) is 4.98 Å². The molecule has 0 bridgehead atoms. The molecule has 0 radical (unpaired) electrons. The Balaban J connectivity index is 1.72. The molecule has 0 atom stereocenters. The van der Waals surface area contributed by atoms with Gasteiger partial charge in [0.2, 0.25) is 5.91 Å². The molecule has 3 aromatic rings. The molecule has 6 heteroatoms. The zero-order chi connectivity index (χ0) is 19.4. The number of nitrogens with zero attached hydrogens (tertiary/aromatic N) is 2. The van der Waals surface area contributed by atoms with Crippen molar-refractivity contribution in [2.24, 2.45) is 0 Å². The van der Waals surface area contributed by atoms with Gasteiger partial charge in [0.15, 0.2) is 5.13 Å². The minimum absolute atomic E-state index is 0.0583. The number of carbonyl (C=O) groups excluding carboxylic acids is 2. The van der Waals surface area contributed by atoms with Gasteiger partial charge in [0.25, 0.3) is 0 Å². The van der Waals surface area contributed by atoms with Crippen molar-refractivity contribution < 1.29 is 14.3 Å². The van der Waals surface area contributed by atoms with Gasteiger partial charge in [0.05, 0.1) is 16.9 Å². The number of rotatable bonds is 5. The van der Waals surface area contributed by atoms with E-state index >= 15 is 0 Å². The summed E-state index contributed by atoms with van der Waals surface area (Å²) in [6.07, 6.45) is 0. The topological polar surface area (TPSA) is 59.5 Å². The van der Waals surface area contributed by atoms with Crippen LogP contribution in [0.4, 0.5) is 10.8 Å². The molecule has 0 aliphatic heterocycles. The number of esters is 1. The van der Waals surface area contributed by atoms with Gasteiger partial charge in [-0.1, -0.05) is 29.8 Å². The standard InChI is InChI=1S/C21H20N2O3S/c1-14-7-9-17(10-8-14)20(25)26-12-18-13-27-21(22-18)23(16(3)24)19-6-4-5-15(2)11-19/h4-11,13H,12H2,1-3H3. The highest BCUT2D eigenvalue weighted by molar-refractivity contribution is 7.14. The highest BCUT2D eigenvalue weighted by Crippen LogP contribution is 2.29. The average Bonchev–Trinajstić information content (AvgIpc) is 3.08. The lowest BCUT2D eigenvalue weighted by Gasteiger charge is -2.18. The molecule has 0 N–H and O–H groups in total. The van der Waals surface area contributed by atoms with Crippen LogP contribution in [0.15, 0.2) is 53.9 Å². The first kappa shape index (κ1) is 18.8. The minimum Gasteiger partial charge on any atom is -0.456 e. The molecule has 3 rings (SSSR count). The van der Waals surface area contributed by atoms with Crippen LogP contribution in [-0.2, 0) is 16.1 Å². The Morgan fingerprint density at radius 1 is 1.07 bits per heavy atom. The lowest BCUT2D eigenvalue weighted by molar-refractivity contribution is -0.115. The van der Waals surface area contributed by atoms with Gasteiger partial charge in [-0.05, 0) is 43.7 Å². The van der Waals surface area contributed by atoms with Crippen LogP contribution < -0.4 is 4.90 Å². The summed E-state index contributed by atoms with van der Waals surface area (Å²) in [7, 11) is 0. The van der Waals surface area contributed by atoms with Crippen LogP contribution in [-0.4, -0.2) is 16.9 Å². The third kappa shape index (κ3) is 4.60. The van der Waals surface area contributed by atoms with E-state index in [1.807, 2.05) is 50.2 Å². The first-order chi connectivity index (χ1) is 12.9. The summed E-state index contributed by atoms with van der Waals surface area (Å²) in [4.78, 5) is 30.3. The maximum Gasteiger partial charge on any atom is 0.338 e. The lowest BCUT2D eigenvalue weighted by Crippen LogP contribution is -2.22. The molecule has 2 aromatic carbocycles. The van der Waals surface area contributed by atoms with Crippen LogP contribution >= 0.6 is 11.3 Å². The lowest BCUT2D eigenvalue weighted by atomic mass is 10.1. The molecule has 0 aliphatic rings. The molecule has 27 heavy (non-hydrogen) atoms. The van der Waals surface area contributed by atoms with E-state index in [4.69, 9.17) is 4.74 Å². The fraction of sp³-hybridized carbons (Fsp3) is 0.190. The summed E-state index contributed by atoms with van der Waals surface area (Å²) in [5, 5.41) is 2.35. The maximum atomic E-state index is 12.2. The third-order valence-corrected chi connectivity index (χ3v) is 4.82. The number of hydrogen-bond donors (Lipinski definition) is 0. The van der Waals surface area contributed by atoms with Crippen molar-refractivity contribution in [1.29, 1.82) is 0 Å². The molecule has 0 fully saturated rings. The second-order valence-electron chi connectivity index (χ2n) is 6.26. The van der Waals surface area contributed by atoms with Crippen molar-refractivity contribution in [2.75, 3.05) is 4.90 Å². The molecular weight excluding hydrogens is 360 g/mol. The fourth-order valence-corrected chi connectivity index (χ4v) is 3.44. The summed E-state index contributed by atoms with van der Waals surface area (Å²) in [5.41, 5.74) is 4.01. The van der Waals surface area contributed by atoms with E-state index in [0.29, 0.717) is 16.4 Å². The van der Waals surface area contributed by atoms with Crippen LogP contribution in [0.2, 0.25) is 0 Å². The van der Waals surface area contributed by atoms with E-state index in [0.717, 1.165) is 16.8 Å². The predicted molar refractivity (Wildman–Crippen MR) is 106 cm³/mol. The van der Waals surface area contributed by atoms with Crippen LogP contribution in [0.25, 0.3) is 0 Å². The molecule has 0 unspecified atom stereocenters. The molecule has 0 spiro atoms. The molecular formula is C21H20N2O3S. The summed E-state index contributed by atoms with van der Waals surface area (Å²) in [5.74, 6) is -0.523. The summed E-state index contributed by atoms with van der Waals surface area (Å²) >= 11 is 1.34. The van der Waals surface area contributed by atoms with Crippen molar-refractivity contribution in [3.05, 3.63) is 76.3 Å². The van der Waals surface area contributed by atoms with Crippen molar-refractivity contribution in [3.63, 3.8) is 0 Å². The Bertz CT molecular complexity index is 964. The van der Waals surface area contributed by atoms with Gasteiger partial charge in [0, 0.05) is 12.3 Å². The Hall–Kier alpha value is -2.99. The SMILES string of the molecule is CC(=O)N(c1cccc(C)c1)c1nc(COC(=O)c2ccc(C)cc2)cs1. The normalized spacial score (nSPS) is 10.5. The highest BCUT2D eigenvalue weighted by Gasteiger charge is 2.18. The average molecular weight is 380 g/mol. The molecule has 1 aromatic heterocycles. The van der Waals surface area contributed by atoms with Crippen molar-refractivity contribution >= 4 is 34.0 Å². The van der Waals surface area contributed by atoms with Gasteiger partial charge < -0.3 is 4.74 Å². The number of aryl methyl sites for hydroxylation is 2. The van der Waals surface area contributed by atoms with Gasteiger partial charge in [0.1, 0.15) is 6.61 Å². The molecule has 0 saturated heterocycles. The number of anilines is 2. The van der Waals surface area contributed by atoms with Crippen LogP contribution in [0, 0.1) is 13.8 Å². The Labute approximate surface area is 162 Å². The second-order valence-corrected chi connectivity index (χ2v) is 7.09. The van der Waals surface area contributed by atoms with Crippen LogP contribution in [0.3, 0.4) is 0 Å². The monoisotopic (exact) mass is 380 g/mol. The van der Waals surface area contributed by atoms with E-state index in [2.05, 4.69) is 4.98 Å². The Morgan fingerprint density at radius 3 is 2.48 bits per heavy atom. The Morgan fingerprint density at radius 2 is 1.81 bits per heavy atom. The van der Waals surface area contributed by atoms with Crippen molar-refractivity contribution in [2.45, 2.75) is 27.4 Å². The van der Waals surface area contributed by atoms with Gasteiger partial charge in [-0.3, -0.25) is 9.69 Å². The van der Waals surface area contributed by atoms with E-state index in [-0.39, 0.29) is 12.5 Å². The Kier molecular flexibility index (Phi) is 5.66. The first-order valence-corrected chi connectivity index (χ1v) is 9.37. The highest BCUT2D eigenvalue weighted by atomic mass is 32.1. The quantitative estimate of drug-likeness (QED) is 0.597. The predicted octanol–water partition coefficient (Wildman–Crippen LogP) is 4.80. The maximum absolute atomic E-state index is 12.2. The molecule has 5 nitrogen and oxygen atoms in total. The number of hydrogen-bond acceptors (Lipinski definition) is 5. The molecule has 1 amide bonds. The zero-order valence-electron chi connectivity index (χ0n) is 15.4. The number of ether oxygens (including phenoxy) is 1. The van der Waals surface area contributed by atoms with Gasteiger partial charge >= 0.3 is 5.97 Å². The van der Waals surface area contributed by atoms with Gasteiger partial charge in [-0.15, -0.1) is 11.3 Å². The largest absolute Gasteiger partial charge is 0.456 e. The second kappa shape index (κ2) is 8.14. The number of thiazole rings is 1. The summed E-state index contributed by atoms with van der Waals surface area (Å²) < 4.78 is 5.33. The van der Waals surface area contributed by atoms with Gasteiger partial charge in [-0.25, -0.2) is 9.78 Å². The number of aromatic nitrogens is 1. The molecule has 138 valence electrons. The smallest absolute Gasteiger partial charge is 0.338 e. The number of benzene rings is 2. The summed E-state index contributed by atoms with van der Waals surface area (Å²) in [6.45, 7) is 5.49.